The van der Waals surface area contributed by atoms with E-state index in [1.54, 1.807) is 14.2 Å². The minimum absolute atomic E-state index is 0.609. The highest BCUT2D eigenvalue weighted by molar-refractivity contribution is 6.32. The van der Waals surface area contributed by atoms with Gasteiger partial charge in [-0.05, 0) is 17.7 Å². The normalized spacial score (nSPS) is 10.1. The molecule has 13 heavy (non-hydrogen) atoms. The minimum atomic E-state index is 0.609. The molecule has 1 aromatic carbocycles. The summed E-state index contributed by atoms with van der Waals surface area (Å²) in [6.45, 7) is 0.625. The molecule has 0 radical (unpaired) electrons. The van der Waals surface area contributed by atoms with E-state index in [1.165, 1.54) is 0 Å². The lowest BCUT2D eigenvalue weighted by Crippen LogP contribution is -2.10. The van der Waals surface area contributed by atoms with E-state index < -0.39 is 0 Å². The van der Waals surface area contributed by atoms with Gasteiger partial charge in [-0.2, -0.15) is 5.48 Å². The van der Waals surface area contributed by atoms with Crippen LogP contribution in [0.3, 0.4) is 0 Å². The first-order valence-electron chi connectivity index (χ1n) is 3.86. The second kappa shape index (κ2) is 5.07. The maximum Gasteiger partial charge on any atom is 0.137 e. The van der Waals surface area contributed by atoms with Gasteiger partial charge in [-0.25, -0.2) is 0 Å². The predicted molar refractivity (Wildman–Crippen MR) is 51.9 cm³/mol. The lowest BCUT2D eigenvalue weighted by atomic mass is 10.2. The summed E-state index contributed by atoms with van der Waals surface area (Å²) in [6, 6.07) is 5.60. The lowest BCUT2D eigenvalue weighted by Gasteiger charge is -2.05. The van der Waals surface area contributed by atoms with Crippen LogP contribution in [0.4, 0.5) is 0 Å². The molecule has 0 heterocycles. The molecule has 0 aromatic heterocycles. The summed E-state index contributed by atoms with van der Waals surface area (Å²) in [5, 5.41) is 0.609. The van der Waals surface area contributed by atoms with Crippen LogP contribution in [-0.2, 0) is 11.4 Å². The highest BCUT2D eigenvalue weighted by Gasteiger charge is 2.00. The summed E-state index contributed by atoms with van der Waals surface area (Å²) >= 11 is 5.91. The van der Waals surface area contributed by atoms with Gasteiger partial charge in [0.15, 0.2) is 0 Å². The van der Waals surface area contributed by atoms with Crippen molar-refractivity contribution in [3.05, 3.63) is 28.8 Å². The van der Waals surface area contributed by atoms with E-state index in [0.717, 1.165) is 5.56 Å². The van der Waals surface area contributed by atoms with Crippen molar-refractivity contribution in [3.63, 3.8) is 0 Å². The summed E-state index contributed by atoms with van der Waals surface area (Å²) in [5.41, 5.74) is 3.78. The van der Waals surface area contributed by atoms with Crippen LogP contribution in [0, 0.1) is 0 Å². The minimum Gasteiger partial charge on any atom is -0.495 e. The SMILES string of the molecule is CONCc1ccc(OC)c(Cl)c1. The molecule has 0 aliphatic rings. The van der Waals surface area contributed by atoms with E-state index in [-0.39, 0.29) is 0 Å². The number of benzene rings is 1. The Bertz CT molecular complexity index is 278. The Morgan fingerprint density at radius 2 is 2.15 bits per heavy atom. The molecular weight excluding hydrogens is 190 g/mol. The van der Waals surface area contributed by atoms with E-state index >= 15 is 0 Å². The standard InChI is InChI=1S/C9H12ClNO2/c1-12-9-4-3-7(5-8(9)10)6-11-13-2/h3-5,11H,6H2,1-2H3. The number of nitrogens with one attached hydrogen (secondary N) is 1. The average molecular weight is 202 g/mol. The number of methoxy groups -OCH3 is 1. The van der Waals surface area contributed by atoms with Crippen molar-refractivity contribution in [1.29, 1.82) is 0 Å². The number of hydrogen-bond acceptors (Lipinski definition) is 3. The first-order valence-corrected chi connectivity index (χ1v) is 4.24. The van der Waals surface area contributed by atoms with Gasteiger partial charge in [0.1, 0.15) is 5.75 Å². The van der Waals surface area contributed by atoms with Crippen LogP contribution in [0.25, 0.3) is 0 Å². The van der Waals surface area contributed by atoms with E-state index in [4.69, 9.17) is 21.2 Å². The van der Waals surface area contributed by atoms with E-state index in [9.17, 15) is 0 Å². The number of hydrogen-bond donors (Lipinski definition) is 1. The second-order valence-electron chi connectivity index (χ2n) is 2.49. The Balaban J connectivity index is 2.71. The van der Waals surface area contributed by atoms with Gasteiger partial charge in [0.25, 0.3) is 0 Å². The highest BCUT2D eigenvalue weighted by Crippen LogP contribution is 2.24. The van der Waals surface area contributed by atoms with Crippen LogP contribution >= 0.6 is 11.6 Å². The first-order chi connectivity index (χ1) is 6.27. The maximum absolute atomic E-state index is 5.91. The Morgan fingerprint density at radius 3 is 2.69 bits per heavy atom. The van der Waals surface area contributed by atoms with Gasteiger partial charge in [-0.3, -0.25) is 0 Å². The molecule has 0 unspecified atom stereocenters. The molecule has 0 aliphatic carbocycles. The summed E-state index contributed by atoms with van der Waals surface area (Å²) in [7, 11) is 3.17. The topological polar surface area (TPSA) is 30.5 Å². The predicted octanol–water partition coefficient (Wildman–Crippen LogP) is 2.00. The van der Waals surface area contributed by atoms with Gasteiger partial charge in [0, 0.05) is 6.54 Å². The van der Waals surface area contributed by atoms with E-state index in [1.807, 2.05) is 18.2 Å². The van der Waals surface area contributed by atoms with Gasteiger partial charge in [0.2, 0.25) is 0 Å². The molecular formula is C9H12ClNO2. The van der Waals surface area contributed by atoms with E-state index in [0.29, 0.717) is 17.3 Å². The van der Waals surface area contributed by atoms with Crippen LogP contribution in [0.2, 0.25) is 5.02 Å². The van der Waals surface area contributed by atoms with Crippen molar-refractivity contribution in [3.8, 4) is 5.75 Å². The molecule has 0 saturated carbocycles. The summed E-state index contributed by atoms with van der Waals surface area (Å²) in [5.74, 6) is 0.683. The molecule has 1 N–H and O–H groups in total. The Labute approximate surface area is 82.6 Å². The molecule has 0 atom stereocenters. The summed E-state index contributed by atoms with van der Waals surface area (Å²) < 4.78 is 5.02. The first kappa shape index (κ1) is 10.3. The molecule has 0 aliphatic heterocycles. The van der Waals surface area contributed by atoms with E-state index in [2.05, 4.69) is 5.48 Å². The molecule has 72 valence electrons. The smallest absolute Gasteiger partial charge is 0.137 e. The Morgan fingerprint density at radius 1 is 1.38 bits per heavy atom. The zero-order chi connectivity index (χ0) is 9.68. The van der Waals surface area contributed by atoms with Crippen LogP contribution in [-0.4, -0.2) is 14.2 Å². The number of halogens is 1. The molecule has 0 fully saturated rings. The van der Waals surface area contributed by atoms with Crippen LogP contribution in [0.1, 0.15) is 5.56 Å². The molecule has 4 heteroatoms. The fraction of sp³-hybridized carbons (Fsp3) is 0.333. The zero-order valence-corrected chi connectivity index (χ0v) is 8.39. The average Bonchev–Trinajstić information content (AvgIpc) is 2.15. The van der Waals surface area contributed by atoms with Crippen molar-refractivity contribution in [2.75, 3.05) is 14.2 Å². The van der Waals surface area contributed by atoms with Gasteiger partial charge < -0.3 is 9.57 Å². The summed E-state index contributed by atoms with van der Waals surface area (Å²) in [6.07, 6.45) is 0. The third-order valence-corrected chi connectivity index (χ3v) is 1.93. The van der Waals surface area contributed by atoms with Gasteiger partial charge >= 0.3 is 0 Å². The van der Waals surface area contributed by atoms with Crippen molar-refractivity contribution in [2.24, 2.45) is 0 Å². The fourth-order valence-electron chi connectivity index (χ4n) is 0.975. The molecule has 0 bridgehead atoms. The van der Waals surface area contributed by atoms with Gasteiger partial charge in [-0.1, -0.05) is 17.7 Å². The fourth-order valence-corrected chi connectivity index (χ4v) is 1.26. The second-order valence-corrected chi connectivity index (χ2v) is 2.90. The Hall–Kier alpha value is -0.770. The van der Waals surface area contributed by atoms with Gasteiger partial charge in [-0.15, -0.1) is 0 Å². The van der Waals surface area contributed by atoms with Gasteiger partial charge in [0.05, 0.1) is 19.2 Å². The Kier molecular flexibility index (Phi) is 4.02. The number of hydroxylamine groups is 1. The molecule has 0 amide bonds. The van der Waals surface area contributed by atoms with Crippen LogP contribution in [0.5, 0.6) is 5.75 Å². The summed E-state index contributed by atoms with van der Waals surface area (Å²) in [4.78, 5) is 4.72. The molecule has 3 nitrogen and oxygen atoms in total. The van der Waals surface area contributed by atoms with Crippen LogP contribution < -0.4 is 10.2 Å². The molecule has 1 rings (SSSR count). The maximum atomic E-state index is 5.91. The zero-order valence-electron chi connectivity index (χ0n) is 7.63. The molecule has 1 aromatic rings. The third-order valence-electron chi connectivity index (χ3n) is 1.64. The quantitative estimate of drug-likeness (QED) is 0.756. The number of ether oxygens (including phenoxy) is 1. The molecule has 0 saturated heterocycles. The van der Waals surface area contributed by atoms with Crippen molar-refractivity contribution >= 4 is 11.6 Å². The largest absolute Gasteiger partial charge is 0.495 e. The van der Waals surface area contributed by atoms with Crippen molar-refractivity contribution in [1.82, 2.24) is 5.48 Å². The number of rotatable bonds is 4. The van der Waals surface area contributed by atoms with Crippen LogP contribution in [0.15, 0.2) is 18.2 Å². The monoisotopic (exact) mass is 201 g/mol. The van der Waals surface area contributed by atoms with Crippen molar-refractivity contribution in [2.45, 2.75) is 6.54 Å². The van der Waals surface area contributed by atoms with Crippen molar-refractivity contribution < 1.29 is 9.57 Å². The third kappa shape index (κ3) is 2.88. The molecule has 0 spiro atoms. The highest BCUT2D eigenvalue weighted by atomic mass is 35.5. The lowest BCUT2D eigenvalue weighted by molar-refractivity contribution is 0.0867.